The van der Waals surface area contributed by atoms with Crippen LogP contribution in [-0.2, 0) is 11.8 Å². The maximum atomic E-state index is 8.97. The van der Waals surface area contributed by atoms with Crippen molar-refractivity contribution in [2.45, 2.75) is 69.6 Å². The Hall–Kier alpha value is -5.53. The standard InChI is InChI=1S/C48H53N3O4/c1-53-41-25-21-39(22-26-41)48(38-16-9-7-10-17-38,40-23-27-42(54-2)28-24-40)32-11-4-6-13-34-55-43-29-31-45(50-36-43)47-19-14-18-46(51-47)44-30-20-37(35-49-44)15-8-3-5-12-33-52/h7,9-10,14,16-31,35-36,52H,3-6,8,11-13,15,32-34H2,1-2H3. The van der Waals surface area contributed by atoms with E-state index in [4.69, 9.17) is 24.3 Å². The first-order chi connectivity index (χ1) is 27.1. The number of unbranched alkanes of at least 4 members (excludes halogenated alkanes) is 6. The number of aromatic nitrogens is 3. The normalized spacial score (nSPS) is 11.3. The third-order valence-corrected chi connectivity index (χ3v) is 10.4. The molecular weight excluding hydrogens is 683 g/mol. The predicted octanol–water partition coefficient (Wildman–Crippen LogP) is 10.7. The minimum atomic E-state index is -0.319. The first-order valence-electron chi connectivity index (χ1n) is 19.6. The molecule has 6 aromatic rings. The monoisotopic (exact) mass is 735 g/mol. The molecule has 0 aliphatic rings. The number of rotatable bonds is 21. The van der Waals surface area contributed by atoms with Crippen molar-refractivity contribution in [2.24, 2.45) is 0 Å². The molecule has 3 aromatic heterocycles. The largest absolute Gasteiger partial charge is 0.497 e. The molecule has 0 aliphatic heterocycles. The number of nitrogens with zero attached hydrogens (tertiary/aromatic N) is 3. The summed E-state index contributed by atoms with van der Waals surface area (Å²) in [4.78, 5) is 14.2. The van der Waals surface area contributed by atoms with Gasteiger partial charge in [0.25, 0.3) is 0 Å². The van der Waals surface area contributed by atoms with Crippen LogP contribution in [0.15, 0.2) is 134 Å². The fraction of sp³-hybridized carbons (Fsp3) is 0.312. The van der Waals surface area contributed by atoms with Crippen molar-refractivity contribution in [1.29, 1.82) is 0 Å². The van der Waals surface area contributed by atoms with Crippen LogP contribution in [0.25, 0.3) is 22.8 Å². The van der Waals surface area contributed by atoms with Gasteiger partial charge in [-0.25, -0.2) is 4.98 Å². The van der Waals surface area contributed by atoms with E-state index in [1.165, 1.54) is 22.3 Å². The zero-order valence-corrected chi connectivity index (χ0v) is 32.2. The van der Waals surface area contributed by atoms with Gasteiger partial charge >= 0.3 is 0 Å². The minimum absolute atomic E-state index is 0.273. The molecule has 55 heavy (non-hydrogen) atoms. The Morgan fingerprint density at radius 1 is 0.491 bits per heavy atom. The van der Waals surface area contributed by atoms with E-state index in [-0.39, 0.29) is 12.0 Å². The van der Waals surface area contributed by atoms with Crippen LogP contribution in [0.1, 0.15) is 80.0 Å². The van der Waals surface area contributed by atoms with Gasteiger partial charge in [0.1, 0.15) is 17.2 Å². The summed E-state index contributed by atoms with van der Waals surface area (Å²) in [5.41, 5.74) is 7.93. The number of hydrogen-bond acceptors (Lipinski definition) is 7. The third kappa shape index (κ3) is 10.4. The number of pyridine rings is 3. The lowest BCUT2D eigenvalue weighted by atomic mass is 9.66. The molecule has 3 aromatic carbocycles. The Balaban J connectivity index is 1.02. The summed E-state index contributed by atoms with van der Waals surface area (Å²) in [6, 6.07) is 42.0. The minimum Gasteiger partial charge on any atom is -0.497 e. The van der Waals surface area contributed by atoms with Crippen molar-refractivity contribution >= 4 is 0 Å². The first-order valence-corrected chi connectivity index (χ1v) is 19.6. The van der Waals surface area contributed by atoms with E-state index in [1.54, 1.807) is 20.4 Å². The second-order valence-electron chi connectivity index (χ2n) is 14.0. The van der Waals surface area contributed by atoms with E-state index in [9.17, 15) is 0 Å². The summed E-state index contributed by atoms with van der Waals surface area (Å²) in [5.74, 6) is 2.46. The van der Waals surface area contributed by atoms with Gasteiger partial charge < -0.3 is 19.3 Å². The van der Waals surface area contributed by atoms with Crippen LogP contribution < -0.4 is 14.2 Å². The molecule has 0 fully saturated rings. The van der Waals surface area contributed by atoms with E-state index in [1.807, 2.05) is 42.6 Å². The van der Waals surface area contributed by atoms with Gasteiger partial charge in [-0.15, -0.1) is 0 Å². The number of benzene rings is 3. The first kappa shape index (κ1) is 39.2. The van der Waals surface area contributed by atoms with Crippen molar-refractivity contribution in [1.82, 2.24) is 15.0 Å². The van der Waals surface area contributed by atoms with Gasteiger partial charge in [-0.1, -0.05) is 98.8 Å². The van der Waals surface area contributed by atoms with Gasteiger partial charge in [0.2, 0.25) is 0 Å². The zero-order valence-electron chi connectivity index (χ0n) is 32.2. The van der Waals surface area contributed by atoms with Gasteiger partial charge in [-0.05, 0) is 109 Å². The molecule has 0 amide bonds. The molecule has 0 bridgehead atoms. The lowest BCUT2D eigenvalue weighted by Crippen LogP contribution is -2.29. The van der Waals surface area contributed by atoms with Crippen LogP contribution in [0.4, 0.5) is 0 Å². The number of aliphatic hydroxyl groups is 1. The highest BCUT2D eigenvalue weighted by atomic mass is 16.5. The van der Waals surface area contributed by atoms with E-state index < -0.39 is 0 Å². The molecule has 0 aliphatic carbocycles. The van der Waals surface area contributed by atoms with Crippen molar-refractivity contribution in [2.75, 3.05) is 27.4 Å². The van der Waals surface area contributed by atoms with Crippen molar-refractivity contribution < 1.29 is 19.3 Å². The fourth-order valence-corrected chi connectivity index (χ4v) is 7.30. The SMILES string of the molecule is COc1ccc(C(CCCCCCOc2ccc(-c3cccc(-c4ccc(CCCCCCO)cn4)n3)nc2)(c2ccccc2)c2ccc(OC)cc2)cc1. The van der Waals surface area contributed by atoms with Crippen LogP contribution in [-0.4, -0.2) is 47.5 Å². The quantitative estimate of drug-likeness (QED) is 0.0582. The number of aryl methyl sites for hydroxylation is 1. The molecule has 0 radical (unpaired) electrons. The van der Waals surface area contributed by atoms with Crippen LogP contribution in [0, 0.1) is 0 Å². The topological polar surface area (TPSA) is 86.6 Å². The molecule has 0 atom stereocenters. The summed E-state index contributed by atoms with van der Waals surface area (Å²) < 4.78 is 17.1. The lowest BCUT2D eigenvalue weighted by molar-refractivity contribution is 0.282. The van der Waals surface area contributed by atoms with Crippen molar-refractivity contribution in [3.63, 3.8) is 0 Å². The van der Waals surface area contributed by atoms with Gasteiger partial charge in [0.05, 0.1) is 49.8 Å². The van der Waals surface area contributed by atoms with Gasteiger partial charge in [0.15, 0.2) is 0 Å². The smallest absolute Gasteiger partial charge is 0.137 e. The molecule has 1 N–H and O–H groups in total. The molecular formula is C48H53N3O4. The molecule has 6 rings (SSSR count). The second kappa shape index (κ2) is 20.2. The third-order valence-electron chi connectivity index (χ3n) is 10.4. The maximum absolute atomic E-state index is 8.97. The van der Waals surface area contributed by atoms with E-state index in [2.05, 4.69) is 94.9 Å². The molecule has 0 saturated carbocycles. The Kier molecular flexibility index (Phi) is 14.4. The second-order valence-corrected chi connectivity index (χ2v) is 14.0. The number of ether oxygens (including phenoxy) is 3. The van der Waals surface area contributed by atoms with E-state index in [0.717, 1.165) is 104 Å². The Labute approximate surface area is 326 Å². The predicted molar refractivity (Wildman–Crippen MR) is 221 cm³/mol. The Morgan fingerprint density at radius 3 is 1.64 bits per heavy atom. The average Bonchev–Trinajstić information content (AvgIpc) is 3.25. The zero-order chi connectivity index (χ0) is 38.1. The van der Waals surface area contributed by atoms with E-state index >= 15 is 0 Å². The summed E-state index contributed by atoms with van der Waals surface area (Å²) in [6.45, 7) is 0.911. The Bertz CT molecular complexity index is 1950. The summed E-state index contributed by atoms with van der Waals surface area (Å²) in [5, 5.41) is 8.97. The number of aliphatic hydroxyl groups excluding tert-OH is 1. The van der Waals surface area contributed by atoms with Gasteiger partial charge in [-0.2, -0.15) is 0 Å². The van der Waals surface area contributed by atoms with Crippen molar-refractivity contribution in [3.05, 3.63) is 156 Å². The van der Waals surface area contributed by atoms with Crippen LogP contribution in [0.5, 0.6) is 17.2 Å². The summed E-state index contributed by atoms with van der Waals surface area (Å²) >= 11 is 0. The summed E-state index contributed by atoms with van der Waals surface area (Å²) in [6.07, 6.45) is 14.0. The summed E-state index contributed by atoms with van der Waals surface area (Å²) in [7, 11) is 3.42. The van der Waals surface area contributed by atoms with Gasteiger partial charge in [-0.3, -0.25) is 9.97 Å². The van der Waals surface area contributed by atoms with Crippen LogP contribution >= 0.6 is 0 Å². The highest BCUT2D eigenvalue weighted by Gasteiger charge is 2.36. The molecule has 7 nitrogen and oxygen atoms in total. The highest BCUT2D eigenvalue weighted by molar-refractivity contribution is 5.62. The maximum Gasteiger partial charge on any atom is 0.137 e. The highest BCUT2D eigenvalue weighted by Crippen LogP contribution is 2.44. The molecule has 0 spiro atoms. The van der Waals surface area contributed by atoms with Crippen molar-refractivity contribution in [3.8, 4) is 40.0 Å². The lowest BCUT2D eigenvalue weighted by Gasteiger charge is -2.36. The number of hydrogen-bond donors (Lipinski definition) is 1. The number of methoxy groups -OCH3 is 2. The van der Waals surface area contributed by atoms with Crippen LogP contribution in [0.2, 0.25) is 0 Å². The molecule has 3 heterocycles. The molecule has 0 unspecified atom stereocenters. The van der Waals surface area contributed by atoms with Gasteiger partial charge in [0, 0.05) is 18.2 Å². The van der Waals surface area contributed by atoms with Crippen LogP contribution in [0.3, 0.4) is 0 Å². The molecule has 284 valence electrons. The van der Waals surface area contributed by atoms with E-state index in [0.29, 0.717) is 6.61 Å². The average molecular weight is 736 g/mol. The Morgan fingerprint density at radius 2 is 1.05 bits per heavy atom. The molecule has 7 heteroatoms. The molecule has 0 saturated heterocycles. The fourth-order valence-electron chi connectivity index (χ4n) is 7.30.